The van der Waals surface area contributed by atoms with Crippen molar-refractivity contribution in [1.29, 1.82) is 0 Å². The number of hydrogen-bond donors (Lipinski definition) is 1. The van der Waals surface area contributed by atoms with Gasteiger partial charge in [-0.15, -0.1) is 11.6 Å². The molecule has 1 aromatic carbocycles. The molecule has 3 nitrogen and oxygen atoms in total. The van der Waals surface area contributed by atoms with Crippen molar-refractivity contribution in [3.8, 4) is 5.75 Å². The molecule has 0 bridgehead atoms. The molecule has 0 saturated heterocycles. The van der Waals surface area contributed by atoms with Gasteiger partial charge in [0.05, 0.1) is 0 Å². The summed E-state index contributed by atoms with van der Waals surface area (Å²) in [6.45, 7) is 1.90. The molecular weight excluding hydrogens is 261 g/mol. The van der Waals surface area contributed by atoms with Crippen molar-refractivity contribution in [1.82, 2.24) is 5.32 Å². The van der Waals surface area contributed by atoms with Gasteiger partial charge >= 0.3 is 0 Å². The van der Waals surface area contributed by atoms with Crippen LogP contribution in [-0.2, 0) is 4.79 Å². The minimum Gasteiger partial charge on any atom is -0.484 e. The minimum absolute atomic E-state index is 0.00570. The number of carbonyl (C=O) groups excluding carboxylic acids is 1. The quantitative estimate of drug-likeness (QED) is 0.811. The number of halogens is 2. The van der Waals surface area contributed by atoms with E-state index >= 15 is 0 Å². The number of alkyl halides is 1. The van der Waals surface area contributed by atoms with E-state index in [9.17, 15) is 4.79 Å². The number of carbonyl (C=O) groups is 1. The Bertz CT molecular complexity index is 354. The lowest BCUT2D eigenvalue weighted by molar-refractivity contribution is -0.123. The predicted molar refractivity (Wildman–Crippen MR) is 69.9 cm³/mol. The second-order valence-electron chi connectivity index (χ2n) is 3.69. The molecular formula is C12H15Cl2NO2. The van der Waals surface area contributed by atoms with E-state index < -0.39 is 0 Å². The van der Waals surface area contributed by atoms with Crippen LogP contribution in [0.4, 0.5) is 0 Å². The Hall–Kier alpha value is -0.930. The standard InChI is InChI=1S/C12H15Cl2NO2/c1-9(6-7-13)15-12(16)8-17-11-4-2-10(14)3-5-11/h2-5,9H,6-8H2,1H3,(H,15,16). The van der Waals surface area contributed by atoms with Gasteiger partial charge in [-0.2, -0.15) is 0 Å². The lowest BCUT2D eigenvalue weighted by atomic mass is 10.2. The van der Waals surface area contributed by atoms with Crippen LogP contribution in [0.1, 0.15) is 13.3 Å². The van der Waals surface area contributed by atoms with Gasteiger partial charge in [0.25, 0.3) is 5.91 Å². The largest absolute Gasteiger partial charge is 0.484 e. The zero-order valence-corrected chi connectivity index (χ0v) is 11.1. The van der Waals surface area contributed by atoms with E-state index in [0.29, 0.717) is 16.7 Å². The van der Waals surface area contributed by atoms with Gasteiger partial charge < -0.3 is 10.1 Å². The van der Waals surface area contributed by atoms with Crippen LogP contribution in [0.3, 0.4) is 0 Å². The van der Waals surface area contributed by atoms with Crippen LogP contribution in [0.25, 0.3) is 0 Å². The topological polar surface area (TPSA) is 38.3 Å². The number of ether oxygens (including phenoxy) is 1. The summed E-state index contributed by atoms with van der Waals surface area (Å²) in [4.78, 5) is 11.5. The zero-order chi connectivity index (χ0) is 12.7. The number of hydrogen-bond acceptors (Lipinski definition) is 2. The van der Waals surface area contributed by atoms with Crippen molar-refractivity contribution in [3.63, 3.8) is 0 Å². The Kier molecular flexibility index (Phi) is 6.16. The fourth-order valence-electron chi connectivity index (χ4n) is 1.23. The van der Waals surface area contributed by atoms with Crippen LogP contribution >= 0.6 is 23.2 Å². The highest BCUT2D eigenvalue weighted by molar-refractivity contribution is 6.30. The summed E-state index contributed by atoms with van der Waals surface area (Å²) < 4.78 is 5.30. The normalized spacial score (nSPS) is 11.9. The number of nitrogens with one attached hydrogen (secondary N) is 1. The van der Waals surface area contributed by atoms with Crippen molar-refractivity contribution < 1.29 is 9.53 Å². The molecule has 0 fully saturated rings. The van der Waals surface area contributed by atoms with Crippen molar-refractivity contribution in [2.45, 2.75) is 19.4 Å². The summed E-state index contributed by atoms with van der Waals surface area (Å²) >= 11 is 11.3. The molecule has 5 heteroatoms. The fourth-order valence-corrected chi connectivity index (χ4v) is 1.69. The molecule has 1 unspecified atom stereocenters. The first-order valence-corrected chi connectivity index (χ1v) is 6.26. The molecule has 0 aliphatic carbocycles. The Morgan fingerprint density at radius 1 is 1.41 bits per heavy atom. The first-order valence-electron chi connectivity index (χ1n) is 5.35. The molecule has 0 saturated carbocycles. The van der Waals surface area contributed by atoms with E-state index in [-0.39, 0.29) is 18.6 Å². The van der Waals surface area contributed by atoms with Crippen LogP contribution < -0.4 is 10.1 Å². The second kappa shape index (κ2) is 7.41. The Morgan fingerprint density at radius 3 is 2.65 bits per heavy atom. The van der Waals surface area contributed by atoms with Gasteiger partial charge in [0.15, 0.2) is 6.61 Å². The van der Waals surface area contributed by atoms with Crippen LogP contribution in [0, 0.1) is 0 Å². The van der Waals surface area contributed by atoms with Crippen molar-refractivity contribution in [2.75, 3.05) is 12.5 Å². The molecule has 0 aliphatic rings. The summed E-state index contributed by atoms with van der Waals surface area (Å²) in [5, 5.41) is 3.42. The van der Waals surface area contributed by atoms with E-state index in [1.165, 1.54) is 0 Å². The Balaban J connectivity index is 2.30. The Morgan fingerprint density at radius 2 is 2.06 bits per heavy atom. The fraction of sp³-hybridized carbons (Fsp3) is 0.417. The lowest BCUT2D eigenvalue weighted by Crippen LogP contribution is -2.36. The van der Waals surface area contributed by atoms with Crippen LogP contribution in [0.2, 0.25) is 5.02 Å². The van der Waals surface area contributed by atoms with Gasteiger partial charge in [0.2, 0.25) is 0 Å². The van der Waals surface area contributed by atoms with Gasteiger partial charge in [0, 0.05) is 16.9 Å². The molecule has 17 heavy (non-hydrogen) atoms. The molecule has 1 rings (SSSR count). The van der Waals surface area contributed by atoms with E-state index in [2.05, 4.69) is 5.32 Å². The summed E-state index contributed by atoms with van der Waals surface area (Å²) in [7, 11) is 0. The summed E-state index contributed by atoms with van der Waals surface area (Å²) in [5.74, 6) is 0.992. The molecule has 1 N–H and O–H groups in total. The molecule has 0 heterocycles. The van der Waals surface area contributed by atoms with Crippen LogP contribution in [0.15, 0.2) is 24.3 Å². The number of amides is 1. The van der Waals surface area contributed by atoms with E-state index in [1.807, 2.05) is 6.92 Å². The Labute approximate surface area is 111 Å². The third kappa shape index (κ3) is 5.80. The van der Waals surface area contributed by atoms with Crippen LogP contribution in [-0.4, -0.2) is 24.4 Å². The second-order valence-corrected chi connectivity index (χ2v) is 4.50. The first-order chi connectivity index (χ1) is 8.11. The van der Waals surface area contributed by atoms with Gasteiger partial charge in [-0.25, -0.2) is 0 Å². The molecule has 1 atom stereocenters. The van der Waals surface area contributed by atoms with Gasteiger partial charge in [-0.1, -0.05) is 11.6 Å². The predicted octanol–water partition coefficient (Wildman–Crippen LogP) is 2.85. The van der Waals surface area contributed by atoms with Crippen molar-refractivity contribution in [2.24, 2.45) is 0 Å². The highest BCUT2D eigenvalue weighted by Gasteiger charge is 2.07. The SMILES string of the molecule is CC(CCCl)NC(=O)COc1ccc(Cl)cc1. The number of benzene rings is 1. The van der Waals surface area contributed by atoms with Crippen molar-refractivity contribution in [3.05, 3.63) is 29.3 Å². The maximum Gasteiger partial charge on any atom is 0.258 e. The first kappa shape index (κ1) is 14.1. The van der Waals surface area contributed by atoms with Gasteiger partial charge in [0.1, 0.15) is 5.75 Å². The smallest absolute Gasteiger partial charge is 0.258 e. The highest BCUT2D eigenvalue weighted by atomic mass is 35.5. The molecule has 94 valence electrons. The van der Waals surface area contributed by atoms with Gasteiger partial charge in [-0.3, -0.25) is 4.79 Å². The summed E-state index contributed by atoms with van der Waals surface area (Å²) in [6, 6.07) is 6.93. The minimum atomic E-state index is -0.155. The monoisotopic (exact) mass is 275 g/mol. The third-order valence-electron chi connectivity index (χ3n) is 2.13. The molecule has 0 spiro atoms. The average molecular weight is 276 g/mol. The zero-order valence-electron chi connectivity index (χ0n) is 9.58. The molecule has 0 radical (unpaired) electrons. The van der Waals surface area contributed by atoms with Crippen molar-refractivity contribution >= 4 is 29.1 Å². The number of rotatable bonds is 6. The van der Waals surface area contributed by atoms with E-state index in [1.54, 1.807) is 24.3 Å². The maximum absolute atomic E-state index is 11.5. The maximum atomic E-state index is 11.5. The molecule has 0 aromatic heterocycles. The molecule has 1 amide bonds. The van der Waals surface area contributed by atoms with Crippen LogP contribution in [0.5, 0.6) is 5.75 Å². The average Bonchev–Trinajstić information content (AvgIpc) is 2.28. The summed E-state index contributed by atoms with van der Waals surface area (Å²) in [6.07, 6.45) is 0.744. The third-order valence-corrected chi connectivity index (χ3v) is 2.60. The van der Waals surface area contributed by atoms with E-state index in [0.717, 1.165) is 6.42 Å². The van der Waals surface area contributed by atoms with Gasteiger partial charge in [-0.05, 0) is 37.6 Å². The lowest BCUT2D eigenvalue weighted by Gasteiger charge is -2.12. The van der Waals surface area contributed by atoms with E-state index in [4.69, 9.17) is 27.9 Å². The molecule has 1 aromatic rings. The highest BCUT2D eigenvalue weighted by Crippen LogP contribution is 2.15. The molecule has 0 aliphatic heterocycles. The summed E-state index contributed by atoms with van der Waals surface area (Å²) in [5.41, 5.74) is 0.